The van der Waals surface area contributed by atoms with Gasteiger partial charge in [-0.15, -0.1) is 0 Å². The van der Waals surface area contributed by atoms with E-state index in [0.29, 0.717) is 16.3 Å². The molecule has 164 valence electrons. The Morgan fingerprint density at radius 3 is 2.65 bits per heavy atom. The summed E-state index contributed by atoms with van der Waals surface area (Å²) in [6.07, 6.45) is 0. The van der Waals surface area contributed by atoms with Crippen LogP contribution in [0.1, 0.15) is 15.9 Å². The van der Waals surface area contributed by atoms with Crippen LogP contribution in [0.25, 0.3) is 32.0 Å². The number of nitrogens with one attached hydrogen (secondary N) is 1. The van der Waals surface area contributed by atoms with Crippen molar-refractivity contribution in [2.45, 2.75) is 6.92 Å². The van der Waals surface area contributed by atoms with Gasteiger partial charge in [-0.2, -0.15) is 0 Å². The summed E-state index contributed by atoms with van der Waals surface area (Å²) in [6, 6.07) is 29.4. The lowest BCUT2D eigenvalue weighted by atomic mass is 10.0. The fraction of sp³-hybridized carbons (Fsp3) is 0.0357. The molecule has 34 heavy (non-hydrogen) atoms. The number of benzene rings is 4. The average Bonchev–Trinajstić information content (AvgIpc) is 3.26. The molecule has 6 aromatic rings. The molecule has 4 aromatic carbocycles. The Labute approximate surface area is 199 Å². The van der Waals surface area contributed by atoms with E-state index in [-0.39, 0.29) is 11.5 Å². The number of hydrogen-bond donors (Lipinski definition) is 1. The highest BCUT2D eigenvalue weighted by atomic mass is 32.1. The smallest absolute Gasteiger partial charge is 0.262 e. The molecule has 2 heterocycles. The monoisotopic (exact) mass is 461 g/mol. The Bertz CT molecular complexity index is 1750. The Hall–Kier alpha value is -4.29. The molecule has 6 rings (SSSR count). The summed E-state index contributed by atoms with van der Waals surface area (Å²) in [4.78, 5) is 22.7. The van der Waals surface area contributed by atoms with Gasteiger partial charge in [0.1, 0.15) is 11.1 Å². The number of para-hydroxylation sites is 1. The van der Waals surface area contributed by atoms with Gasteiger partial charge in [-0.05, 0) is 59.7 Å². The van der Waals surface area contributed by atoms with Crippen LogP contribution in [0.3, 0.4) is 0 Å². The van der Waals surface area contributed by atoms with Gasteiger partial charge in [-0.3, -0.25) is 10.1 Å². The Balaban J connectivity index is 1.54. The van der Waals surface area contributed by atoms with Crippen LogP contribution in [0, 0.1) is 6.92 Å². The molecule has 5 nitrogen and oxygen atoms in total. The van der Waals surface area contributed by atoms with Gasteiger partial charge >= 0.3 is 0 Å². The Morgan fingerprint density at radius 1 is 0.912 bits per heavy atom. The third-order valence-electron chi connectivity index (χ3n) is 5.65. The zero-order valence-electron chi connectivity index (χ0n) is 18.3. The minimum Gasteiger partial charge on any atom is -0.438 e. The molecule has 0 aliphatic rings. The van der Waals surface area contributed by atoms with Gasteiger partial charge in [-0.1, -0.05) is 65.9 Å². The van der Waals surface area contributed by atoms with Gasteiger partial charge in [0, 0.05) is 5.39 Å². The van der Waals surface area contributed by atoms with Crippen molar-refractivity contribution < 1.29 is 9.21 Å². The van der Waals surface area contributed by atoms with E-state index < -0.39 is 0 Å². The van der Waals surface area contributed by atoms with Crippen molar-refractivity contribution in [3.63, 3.8) is 0 Å². The van der Waals surface area contributed by atoms with Crippen molar-refractivity contribution in [1.29, 1.82) is 0 Å². The van der Waals surface area contributed by atoms with E-state index >= 15 is 0 Å². The first-order valence-electron chi connectivity index (χ1n) is 10.9. The average molecular weight is 462 g/mol. The first-order chi connectivity index (χ1) is 16.6. The van der Waals surface area contributed by atoms with Crippen molar-refractivity contribution in [3.05, 3.63) is 108 Å². The largest absolute Gasteiger partial charge is 0.438 e. The van der Waals surface area contributed by atoms with Crippen molar-refractivity contribution in [2.24, 2.45) is 4.99 Å². The predicted octanol–water partition coefficient (Wildman–Crippen LogP) is 6.99. The minimum atomic E-state index is -0.316. The lowest BCUT2D eigenvalue weighted by Gasteiger charge is -2.07. The van der Waals surface area contributed by atoms with E-state index in [9.17, 15) is 4.79 Å². The van der Waals surface area contributed by atoms with Crippen LogP contribution in [-0.4, -0.2) is 10.9 Å². The molecule has 0 radical (unpaired) electrons. The minimum absolute atomic E-state index is 0.256. The Kier molecular flexibility index (Phi) is 4.93. The van der Waals surface area contributed by atoms with E-state index in [1.807, 2.05) is 97.9 Å². The number of anilines is 1. The summed E-state index contributed by atoms with van der Waals surface area (Å²) in [5.74, 6) is -0.316. The zero-order valence-corrected chi connectivity index (χ0v) is 19.1. The van der Waals surface area contributed by atoms with Crippen molar-refractivity contribution in [1.82, 2.24) is 4.98 Å². The van der Waals surface area contributed by atoms with E-state index in [1.54, 1.807) is 0 Å². The van der Waals surface area contributed by atoms with Crippen LogP contribution in [0.2, 0.25) is 0 Å². The van der Waals surface area contributed by atoms with E-state index in [0.717, 1.165) is 37.6 Å². The van der Waals surface area contributed by atoms with Gasteiger partial charge in [0.25, 0.3) is 5.91 Å². The molecular formula is C28H19N3O2S. The highest BCUT2D eigenvalue weighted by Gasteiger charge is 2.16. The van der Waals surface area contributed by atoms with E-state index in [4.69, 9.17) is 9.41 Å². The third-order valence-corrected chi connectivity index (χ3v) is 6.60. The summed E-state index contributed by atoms with van der Waals surface area (Å²) in [7, 11) is 0. The van der Waals surface area contributed by atoms with Crippen LogP contribution in [-0.2, 0) is 0 Å². The molecule has 6 heteroatoms. The number of rotatable bonds is 3. The number of fused-ring (bicyclic) bond motifs is 4. The molecule has 0 spiro atoms. The predicted molar refractivity (Wildman–Crippen MR) is 138 cm³/mol. The first-order valence-corrected chi connectivity index (χ1v) is 11.7. The van der Waals surface area contributed by atoms with Gasteiger partial charge in [0.2, 0.25) is 5.55 Å². The molecule has 0 saturated carbocycles. The maximum atomic E-state index is 13.5. The maximum Gasteiger partial charge on any atom is 0.262 e. The number of carbonyl (C=O) groups excluding carboxylic acids is 1. The summed E-state index contributed by atoms with van der Waals surface area (Å²) in [5.41, 5.74) is 3.92. The normalized spacial score (nSPS) is 12.0. The zero-order chi connectivity index (χ0) is 23.1. The standard InChI is InChI=1S/C28H19N3O2S/c1-17-7-6-9-19(15-17)29-27-22(26(32)31-28-30-23-11-4-5-12-25(23)34-28)16-21-20-10-3-2-8-18(20)13-14-24(21)33-27/h2-16H,1H3,(H,30,31,32). The lowest BCUT2D eigenvalue weighted by molar-refractivity contribution is 0.102. The van der Waals surface area contributed by atoms with E-state index in [1.165, 1.54) is 11.3 Å². The quantitative estimate of drug-likeness (QED) is 0.289. The van der Waals surface area contributed by atoms with Gasteiger partial charge < -0.3 is 4.42 Å². The molecule has 0 saturated heterocycles. The molecule has 0 unspecified atom stereocenters. The molecule has 0 fully saturated rings. The Morgan fingerprint density at radius 2 is 1.76 bits per heavy atom. The SMILES string of the molecule is Cc1cccc(N=c2oc3ccc4ccccc4c3cc2C(=O)Nc2nc3ccccc3s2)c1. The fourth-order valence-electron chi connectivity index (χ4n) is 4.03. The molecule has 0 bridgehead atoms. The number of amides is 1. The number of carbonyl (C=O) groups is 1. The van der Waals surface area contributed by atoms with Crippen LogP contribution in [0.4, 0.5) is 10.8 Å². The molecular weight excluding hydrogens is 442 g/mol. The molecule has 2 aromatic heterocycles. The van der Waals surface area contributed by atoms with Crippen LogP contribution in [0.15, 0.2) is 100 Å². The van der Waals surface area contributed by atoms with Crippen molar-refractivity contribution in [3.8, 4) is 0 Å². The van der Waals surface area contributed by atoms with Crippen molar-refractivity contribution in [2.75, 3.05) is 5.32 Å². The number of thiazole rings is 1. The number of nitrogens with zero attached hydrogens (tertiary/aromatic N) is 2. The van der Waals surface area contributed by atoms with Crippen LogP contribution >= 0.6 is 11.3 Å². The summed E-state index contributed by atoms with van der Waals surface area (Å²) in [5, 5.41) is 6.43. The van der Waals surface area contributed by atoms with Gasteiger partial charge in [-0.25, -0.2) is 9.98 Å². The van der Waals surface area contributed by atoms with Gasteiger partial charge in [0.15, 0.2) is 5.13 Å². The van der Waals surface area contributed by atoms with Gasteiger partial charge in [0.05, 0.1) is 15.9 Å². The van der Waals surface area contributed by atoms with Crippen LogP contribution in [0.5, 0.6) is 0 Å². The topological polar surface area (TPSA) is 67.5 Å². The maximum absolute atomic E-state index is 13.5. The number of aromatic nitrogens is 1. The van der Waals surface area contributed by atoms with Crippen LogP contribution < -0.4 is 10.9 Å². The summed E-state index contributed by atoms with van der Waals surface area (Å²) < 4.78 is 7.23. The number of aryl methyl sites for hydroxylation is 1. The highest BCUT2D eigenvalue weighted by molar-refractivity contribution is 7.22. The fourth-order valence-corrected chi connectivity index (χ4v) is 4.89. The molecule has 1 N–H and O–H groups in total. The molecule has 0 aliphatic heterocycles. The molecule has 1 amide bonds. The lowest BCUT2D eigenvalue weighted by Crippen LogP contribution is -2.21. The number of hydrogen-bond acceptors (Lipinski definition) is 5. The van der Waals surface area contributed by atoms with E-state index in [2.05, 4.69) is 10.3 Å². The second-order valence-electron chi connectivity index (χ2n) is 8.06. The second kappa shape index (κ2) is 8.24. The first kappa shape index (κ1) is 20.3. The van der Waals surface area contributed by atoms with Crippen molar-refractivity contribution >= 4 is 60.0 Å². The highest BCUT2D eigenvalue weighted by Crippen LogP contribution is 2.28. The third kappa shape index (κ3) is 3.74. The summed E-state index contributed by atoms with van der Waals surface area (Å²) in [6.45, 7) is 2.00. The second-order valence-corrected chi connectivity index (χ2v) is 9.09. The molecule has 0 atom stereocenters. The molecule has 0 aliphatic carbocycles. The summed E-state index contributed by atoms with van der Waals surface area (Å²) >= 11 is 1.43.